The lowest BCUT2D eigenvalue weighted by molar-refractivity contribution is -0.0171. The second-order valence-corrected chi connectivity index (χ2v) is 7.76. The van der Waals surface area contributed by atoms with Crippen LogP contribution in [0.3, 0.4) is 0 Å². The SMILES string of the molecule is Cc1cccc([C@H](C)NC2C3CC4CC(C3)CC2C4)c1. The molecule has 0 saturated heterocycles. The summed E-state index contributed by atoms with van der Waals surface area (Å²) in [5, 5.41) is 4.01. The van der Waals surface area contributed by atoms with Gasteiger partial charge in [-0.1, -0.05) is 29.8 Å². The zero-order valence-electron chi connectivity index (χ0n) is 12.8. The van der Waals surface area contributed by atoms with Crippen LogP contribution in [-0.4, -0.2) is 6.04 Å². The molecule has 0 heterocycles. The molecule has 1 atom stereocenters. The van der Waals surface area contributed by atoms with Crippen molar-refractivity contribution in [3.63, 3.8) is 0 Å². The smallest absolute Gasteiger partial charge is 0.0294 e. The lowest BCUT2D eigenvalue weighted by Gasteiger charge is -2.55. The van der Waals surface area contributed by atoms with E-state index in [1.54, 1.807) is 6.42 Å². The third-order valence-corrected chi connectivity index (χ3v) is 6.21. The quantitative estimate of drug-likeness (QED) is 0.853. The van der Waals surface area contributed by atoms with Gasteiger partial charge in [0.25, 0.3) is 0 Å². The van der Waals surface area contributed by atoms with E-state index < -0.39 is 0 Å². The minimum absolute atomic E-state index is 0.498. The standard InChI is InChI=1S/C19H27N/c1-12-4-3-5-16(6-12)13(2)20-19-17-8-14-7-15(10-17)11-18(19)9-14/h3-6,13-15,17-20H,7-11H2,1-2H3/t13-,14?,15?,17?,18?,19?/m0/s1. The predicted octanol–water partition coefficient (Wildman–Crippen LogP) is 4.47. The van der Waals surface area contributed by atoms with Gasteiger partial charge in [-0.15, -0.1) is 0 Å². The van der Waals surface area contributed by atoms with Gasteiger partial charge in [-0.25, -0.2) is 0 Å². The van der Waals surface area contributed by atoms with E-state index in [2.05, 4.69) is 43.4 Å². The molecule has 1 heteroatoms. The van der Waals surface area contributed by atoms with Gasteiger partial charge in [0.1, 0.15) is 0 Å². The second-order valence-electron chi connectivity index (χ2n) is 7.76. The summed E-state index contributed by atoms with van der Waals surface area (Å²) in [5.41, 5.74) is 2.83. The van der Waals surface area contributed by atoms with Crippen molar-refractivity contribution in [1.29, 1.82) is 0 Å². The monoisotopic (exact) mass is 269 g/mol. The molecule has 0 unspecified atom stereocenters. The molecule has 0 spiro atoms. The predicted molar refractivity (Wildman–Crippen MR) is 83.6 cm³/mol. The molecule has 4 aliphatic rings. The molecule has 0 aliphatic heterocycles. The van der Waals surface area contributed by atoms with E-state index in [9.17, 15) is 0 Å². The van der Waals surface area contributed by atoms with Crippen molar-refractivity contribution in [3.8, 4) is 0 Å². The Morgan fingerprint density at radius 3 is 2.25 bits per heavy atom. The molecule has 1 aromatic rings. The van der Waals surface area contributed by atoms with Crippen LogP contribution in [0.2, 0.25) is 0 Å². The van der Waals surface area contributed by atoms with Crippen LogP contribution in [0.4, 0.5) is 0 Å². The first-order chi connectivity index (χ1) is 9.69. The van der Waals surface area contributed by atoms with Crippen LogP contribution in [0.5, 0.6) is 0 Å². The summed E-state index contributed by atoms with van der Waals surface area (Å²) in [6.45, 7) is 4.54. The molecule has 0 amide bonds. The Kier molecular flexibility index (Phi) is 3.14. The van der Waals surface area contributed by atoms with Crippen molar-refractivity contribution >= 4 is 0 Å². The van der Waals surface area contributed by atoms with Gasteiger partial charge in [0.15, 0.2) is 0 Å². The van der Waals surface area contributed by atoms with E-state index in [0.29, 0.717) is 6.04 Å². The van der Waals surface area contributed by atoms with E-state index in [-0.39, 0.29) is 0 Å². The highest BCUT2D eigenvalue weighted by atomic mass is 15.0. The van der Waals surface area contributed by atoms with Crippen LogP contribution in [0.1, 0.15) is 56.2 Å². The largest absolute Gasteiger partial charge is 0.307 e. The Bertz CT molecular complexity index is 464. The highest BCUT2D eigenvalue weighted by Crippen LogP contribution is 2.54. The molecule has 1 N–H and O–H groups in total. The number of nitrogens with one attached hydrogen (secondary N) is 1. The first kappa shape index (κ1) is 12.9. The van der Waals surface area contributed by atoms with Crippen LogP contribution in [0.25, 0.3) is 0 Å². The maximum atomic E-state index is 4.01. The van der Waals surface area contributed by atoms with Gasteiger partial charge in [0.2, 0.25) is 0 Å². The average molecular weight is 269 g/mol. The second kappa shape index (κ2) is 4.87. The Labute approximate surface area is 123 Å². The van der Waals surface area contributed by atoms with Crippen LogP contribution in [-0.2, 0) is 0 Å². The molecule has 108 valence electrons. The molecule has 0 radical (unpaired) electrons. The molecule has 20 heavy (non-hydrogen) atoms. The molecule has 4 fully saturated rings. The summed E-state index contributed by atoms with van der Waals surface area (Å²) < 4.78 is 0. The van der Waals surface area contributed by atoms with E-state index in [1.807, 2.05) is 0 Å². The summed E-state index contributed by atoms with van der Waals surface area (Å²) in [7, 11) is 0. The fraction of sp³-hybridized carbons (Fsp3) is 0.684. The van der Waals surface area contributed by atoms with Crippen LogP contribution >= 0.6 is 0 Å². The number of hydrogen-bond donors (Lipinski definition) is 1. The maximum Gasteiger partial charge on any atom is 0.0294 e. The molecule has 1 aromatic carbocycles. The molecular formula is C19H27N. The first-order valence-electron chi connectivity index (χ1n) is 8.51. The zero-order valence-corrected chi connectivity index (χ0v) is 12.8. The molecule has 4 saturated carbocycles. The summed E-state index contributed by atoms with van der Waals surface area (Å²) >= 11 is 0. The number of hydrogen-bond acceptors (Lipinski definition) is 1. The maximum absolute atomic E-state index is 4.01. The molecule has 4 aliphatic carbocycles. The van der Waals surface area contributed by atoms with E-state index in [0.717, 1.165) is 29.7 Å². The highest BCUT2D eigenvalue weighted by Gasteiger charge is 2.48. The fourth-order valence-electron chi connectivity index (χ4n) is 5.52. The van der Waals surface area contributed by atoms with Gasteiger partial charge in [0, 0.05) is 12.1 Å². The molecule has 5 rings (SSSR count). The third-order valence-electron chi connectivity index (χ3n) is 6.21. The Balaban J connectivity index is 1.49. The Morgan fingerprint density at radius 2 is 1.65 bits per heavy atom. The normalized spacial score (nSPS) is 40.0. The van der Waals surface area contributed by atoms with Gasteiger partial charge < -0.3 is 5.32 Å². The van der Waals surface area contributed by atoms with Crippen molar-refractivity contribution in [2.24, 2.45) is 23.7 Å². The minimum atomic E-state index is 0.498. The summed E-state index contributed by atoms with van der Waals surface area (Å²) in [5.74, 6) is 4.09. The van der Waals surface area contributed by atoms with E-state index >= 15 is 0 Å². The average Bonchev–Trinajstić information content (AvgIpc) is 2.42. The van der Waals surface area contributed by atoms with E-state index in [4.69, 9.17) is 0 Å². The molecule has 1 nitrogen and oxygen atoms in total. The summed E-state index contributed by atoms with van der Waals surface area (Å²) in [6.07, 6.45) is 7.57. The van der Waals surface area contributed by atoms with Crippen LogP contribution in [0.15, 0.2) is 24.3 Å². The number of benzene rings is 1. The van der Waals surface area contributed by atoms with Crippen LogP contribution in [0, 0.1) is 30.6 Å². The Morgan fingerprint density at radius 1 is 1.00 bits per heavy atom. The highest BCUT2D eigenvalue weighted by molar-refractivity contribution is 5.25. The van der Waals surface area contributed by atoms with Gasteiger partial charge >= 0.3 is 0 Å². The lowest BCUT2D eigenvalue weighted by Crippen LogP contribution is -2.54. The Hall–Kier alpha value is -0.820. The van der Waals surface area contributed by atoms with Crippen molar-refractivity contribution in [1.82, 2.24) is 5.32 Å². The topological polar surface area (TPSA) is 12.0 Å². The zero-order chi connectivity index (χ0) is 13.7. The van der Waals surface area contributed by atoms with Crippen LogP contribution < -0.4 is 5.32 Å². The van der Waals surface area contributed by atoms with Crippen molar-refractivity contribution in [2.75, 3.05) is 0 Å². The molecule has 4 bridgehead atoms. The van der Waals surface area contributed by atoms with Gasteiger partial charge in [-0.05, 0) is 75.2 Å². The molecular weight excluding hydrogens is 242 g/mol. The van der Waals surface area contributed by atoms with E-state index in [1.165, 1.54) is 36.8 Å². The van der Waals surface area contributed by atoms with Gasteiger partial charge in [-0.3, -0.25) is 0 Å². The fourth-order valence-corrected chi connectivity index (χ4v) is 5.52. The summed E-state index contributed by atoms with van der Waals surface area (Å²) in [6, 6.07) is 10.3. The van der Waals surface area contributed by atoms with Crippen molar-refractivity contribution in [2.45, 2.75) is 58.0 Å². The number of aryl methyl sites for hydroxylation is 1. The minimum Gasteiger partial charge on any atom is -0.307 e. The van der Waals surface area contributed by atoms with Gasteiger partial charge in [-0.2, -0.15) is 0 Å². The van der Waals surface area contributed by atoms with Crippen molar-refractivity contribution in [3.05, 3.63) is 35.4 Å². The lowest BCUT2D eigenvalue weighted by atomic mass is 9.54. The number of rotatable bonds is 3. The summed E-state index contributed by atoms with van der Waals surface area (Å²) in [4.78, 5) is 0. The molecule has 0 aromatic heterocycles. The third kappa shape index (κ3) is 2.20. The first-order valence-corrected chi connectivity index (χ1v) is 8.51. The van der Waals surface area contributed by atoms with Crippen molar-refractivity contribution < 1.29 is 0 Å². The van der Waals surface area contributed by atoms with Gasteiger partial charge in [0.05, 0.1) is 0 Å².